The Morgan fingerprint density at radius 1 is 1.24 bits per heavy atom. The lowest BCUT2D eigenvalue weighted by Gasteiger charge is -2.19. The smallest absolute Gasteiger partial charge is 0.412 e. The average Bonchev–Trinajstić information content (AvgIpc) is 2.61. The molecule has 0 spiro atoms. The average molecular weight is 349 g/mol. The highest BCUT2D eigenvalue weighted by molar-refractivity contribution is 5.84. The Morgan fingerprint density at radius 2 is 1.96 bits per heavy atom. The summed E-state index contributed by atoms with van der Waals surface area (Å²) < 4.78 is 23.9. The number of amides is 1. The zero-order valence-electron chi connectivity index (χ0n) is 13.7. The third-order valence-corrected chi connectivity index (χ3v) is 3.55. The van der Waals surface area contributed by atoms with Crippen LogP contribution in [0.25, 0.3) is 0 Å². The van der Waals surface area contributed by atoms with E-state index in [4.69, 9.17) is 14.6 Å². The molecule has 25 heavy (non-hydrogen) atoms. The molecule has 0 radical (unpaired) electrons. The first-order valence-electron chi connectivity index (χ1n) is 7.74. The van der Waals surface area contributed by atoms with Gasteiger partial charge in [-0.05, 0) is 54.8 Å². The largest absolute Gasteiger partial charge is 0.505 e. The fourth-order valence-electron chi connectivity index (χ4n) is 2.24. The summed E-state index contributed by atoms with van der Waals surface area (Å²) >= 11 is 0. The number of aliphatic hydroxyl groups excluding tert-OH is 1. The van der Waals surface area contributed by atoms with Crippen LogP contribution in [0.4, 0.5) is 14.9 Å². The van der Waals surface area contributed by atoms with Crippen molar-refractivity contribution in [3.05, 3.63) is 53.8 Å². The molecule has 7 heteroatoms. The van der Waals surface area contributed by atoms with Crippen LogP contribution in [0.5, 0.6) is 11.5 Å². The van der Waals surface area contributed by atoms with Crippen LogP contribution >= 0.6 is 0 Å². The van der Waals surface area contributed by atoms with E-state index in [1.165, 1.54) is 12.1 Å². The molecule has 1 amide bonds. The SMILES string of the molecule is COc1ccc(NC(=O)O[C@H](CCCO)c2ccc(O)c(F)c2)cc1. The number of aromatic hydroxyl groups is 1. The van der Waals surface area contributed by atoms with Crippen molar-refractivity contribution in [3.63, 3.8) is 0 Å². The summed E-state index contributed by atoms with van der Waals surface area (Å²) in [4.78, 5) is 12.1. The van der Waals surface area contributed by atoms with Gasteiger partial charge in [0, 0.05) is 12.3 Å². The second kappa shape index (κ2) is 8.89. The second-order valence-corrected chi connectivity index (χ2v) is 5.32. The summed E-state index contributed by atoms with van der Waals surface area (Å²) in [5, 5.41) is 20.8. The summed E-state index contributed by atoms with van der Waals surface area (Å²) in [5.74, 6) is -0.627. The molecule has 6 nitrogen and oxygen atoms in total. The lowest BCUT2D eigenvalue weighted by atomic mass is 10.0. The second-order valence-electron chi connectivity index (χ2n) is 5.32. The summed E-state index contributed by atoms with van der Waals surface area (Å²) in [6.07, 6.45) is -0.762. The number of phenolic OH excluding ortho intramolecular Hbond substituents is 1. The lowest BCUT2D eigenvalue weighted by Crippen LogP contribution is -2.18. The maximum Gasteiger partial charge on any atom is 0.412 e. The van der Waals surface area contributed by atoms with Crippen molar-refractivity contribution in [1.29, 1.82) is 0 Å². The van der Waals surface area contributed by atoms with Crippen LogP contribution in [0.3, 0.4) is 0 Å². The van der Waals surface area contributed by atoms with Crippen molar-refractivity contribution in [1.82, 2.24) is 0 Å². The Labute approximate surface area is 144 Å². The van der Waals surface area contributed by atoms with Gasteiger partial charge in [0.05, 0.1) is 7.11 Å². The van der Waals surface area contributed by atoms with E-state index in [9.17, 15) is 14.3 Å². The van der Waals surface area contributed by atoms with E-state index in [0.717, 1.165) is 6.07 Å². The van der Waals surface area contributed by atoms with E-state index in [1.54, 1.807) is 31.4 Å². The van der Waals surface area contributed by atoms with Crippen LogP contribution in [0, 0.1) is 5.82 Å². The van der Waals surface area contributed by atoms with E-state index in [2.05, 4.69) is 5.32 Å². The van der Waals surface area contributed by atoms with Crippen LogP contribution < -0.4 is 10.1 Å². The van der Waals surface area contributed by atoms with Crippen molar-refractivity contribution in [2.75, 3.05) is 19.0 Å². The number of carbonyl (C=O) groups is 1. The van der Waals surface area contributed by atoms with Crippen LogP contribution in [-0.2, 0) is 4.74 Å². The van der Waals surface area contributed by atoms with Crippen LogP contribution in [-0.4, -0.2) is 30.0 Å². The van der Waals surface area contributed by atoms with Gasteiger partial charge in [-0.25, -0.2) is 9.18 Å². The van der Waals surface area contributed by atoms with Gasteiger partial charge in [-0.2, -0.15) is 0 Å². The Hall–Kier alpha value is -2.80. The molecule has 2 rings (SSSR count). The molecule has 1 atom stereocenters. The van der Waals surface area contributed by atoms with Crippen molar-refractivity contribution in [2.45, 2.75) is 18.9 Å². The van der Waals surface area contributed by atoms with Gasteiger partial charge in [0.15, 0.2) is 11.6 Å². The summed E-state index contributed by atoms with van der Waals surface area (Å²) in [6.45, 7) is -0.0828. The lowest BCUT2D eigenvalue weighted by molar-refractivity contribution is 0.0992. The van der Waals surface area contributed by atoms with Gasteiger partial charge >= 0.3 is 6.09 Å². The monoisotopic (exact) mass is 349 g/mol. The molecule has 0 saturated heterocycles. The first kappa shape index (κ1) is 18.5. The molecule has 2 aromatic rings. The quantitative estimate of drug-likeness (QED) is 0.711. The first-order chi connectivity index (χ1) is 12.0. The molecule has 0 fully saturated rings. The van der Waals surface area contributed by atoms with E-state index >= 15 is 0 Å². The number of halogens is 1. The van der Waals surface area contributed by atoms with Crippen LogP contribution in [0.2, 0.25) is 0 Å². The van der Waals surface area contributed by atoms with Crippen molar-refractivity contribution >= 4 is 11.8 Å². The zero-order valence-corrected chi connectivity index (χ0v) is 13.7. The van der Waals surface area contributed by atoms with E-state index in [1.807, 2.05) is 0 Å². The molecular formula is C18H20FNO5. The molecule has 134 valence electrons. The number of ether oxygens (including phenoxy) is 2. The number of nitrogens with one attached hydrogen (secondary N) is 1. The zero-order chi connectivity index (χ0) is 18.2. The van der Waals surface area contributed by atoms with Crippen molar-refractivity contribution < 1.29 is 28.9 Å². The fourth-order valence-corrected chi connectivity index (χ4v) is 2.24. The van der Waals surface area contributed by atoms with Gasteiger partial charge in [-0.1, -0.05) is 6.07 Å². The van der Waals surface area contributed by atoms with Gasteiger partial charge in [-0.15, -0.1) is 0 Å². The van der Waals surface area contributed by atoms with Crippen LogP contribution in [0.1, 0.15) is 24.5 Å². The highest BCUT2D eigenvalue weighted by Crippen LogP contribution is 2.27. The summed E-state index contributed by atoms with van der Waals surface area (Å²) in [7, 11) is 1.54. The topological polar surface area (TPSA) is 88.0 Å². The van der Waals surface area contributed by atoms with Crippen molar-refractivity contribution in [2.24, 2.45) is 0 Å². The number of hydrogen-bond donors (Lipinski definition) is 3. The van der Waals surface area contributed by atoms with E-state index in [0.29, 0.717) is 29.8 Å². The first-order valence-corrected chi connectivity index (χ1v) is 7.74. The number of rotatable bonds is 7. The molecule has 3 N–H and O–H groups in total. The predicted molar refractivity (Wildman–Crippen MR) is 90.2 cm³/mol. The number of benzene rings is 2. The van der Waals surface area contributed by atoms with E-state index < -0.39 is 23.8 Å². The molecule has 0 unspecified atom stereocenters. The Balaban J connectivity index is 2.06. The predicted octanol–water partition coefficient (Wildman–Crippen LogP) is 3.60. The number of hydrogen-bond acceptors (Lipinski definition) is 5. The molecule has 0 aromatic heterocycles. The molecule has 0 aliphatic carbocycles. The van der Waals surface area contributed by atoms with Crippen LogP contribution in [0.15, 0.2) is 42.5 Å². The number of methoxy groups -OCH3 is 1. The highest BCUT2D eigenvalue weighted by atomic mass is 19.1. The van der Waals surface area contributed by atoms with Gasteiger partial charge in [-0.3, -0.25) is 5.32 Å². The normalized spacial score (nSPS) is 11.6. The van der Waals surface area contributed by atoms with E-state index in [-0.39, 0.29) is 6.61 Å². The van der Waals surface area contributed by atoms with Crippen molar-refractivity contribution in [3.8, 4) is 11.5 Å². The third-order valence-electron chi connectivity index (χ3n) is 3.55. The molecule has 0 bridgehead atoms. The minimum atomic E-state index is -0.800. The molecule has 0 saturated carbocycles. The number of anilines is 1. The Kier molecular flexibility index (Phi) is 6.59. The van der Waals surface area contributed by atoms with Gasteiger partial charge in [0.2, 0.25) is 0 Å². The molecule has 0 aliphatic heterocycles. The highest BCUT2D eigenvalue weighted by Gasteiger charge is 2.18. The Morgan fingerprint density at radius 3 is 2.56 bits per heavy atom. The number of carbonyl (C=O) groups excluding carboxylic acids is 1. The molecule has 0 heterocycles. The number of phenols is 1. The van der Waals surface area contributed by atoms with Gasteiger partial charge in [0.25, 0.3) is 0 Å². The fraction of sp³-hybridized carbons (Fsp3) is 0.278. The third kappa shape index (κ3) is 5.36. The molecule has 2 aromatic carbocycles. The van der Waals surface area contributed by atoms with Gasteiger partial charge in [0.1, 0.15) is 11.9 Å². The molecular weight excluding hydrogens is 329 g/mol. The Bertz CT molecular complexity index is 705. The number of aliphatic hydroxyl groups is 1. The maximum atomic E-state index is 13.6. The maximum absolute atomic E-state index is 13.6. The minimum Gasteiger partial charge on any atom is -0.505 e. The minimum absolute atomic E-state index is 0.0828. The summed E-state index contributed by atoms with van der Waals surface area (Å²) in [5.41, 5.74) is 0.914. The summed E-state index contributed by atoms with van der Waals surface area (Å²) in [6, 6.07) is 10.5. The molecule has 0 aliphatic rings. The standard InChI is InChI=1S/C18H20FNO5/c1-24-14-7-5-13(6-8-14)20-18(23)25-17(3-2-10-21)12-4-9-16(22)15(19)11-12/h4-9,11,17,21-22H,2-3,10H2,1H3,(H,20,23)/t17-/m1/s1. The van der Waals surface area contributed by atoms with Gasteiger partial charge < -0.3 is 19.7 Å².